The lowest BCUT2D eigenvalue weighted by Gasteiger charge is -2.45. The van der Waals surface area contributed by atoms with E-state index in [-0.39, 0.29) is 17.4 Å². The van der Waals surface area contributed by atoms with E-state index in [1.54, 1.807) is 4.90 Å². The van der Waals surface area contributed by atoms with E-state index in [1.165, 1.54) is 0 Å². The molecule has 1 amide bonds. The van der Waals surface area contributed by atoms with Crippen molar-refractivity contribution in [3.05, 3.63) is 0 Å². The molecule has 1 spiro atoms. The van der Waals surface area contributed by atoms with Crippen molar-refractivity contribution >= 4 is 12.1 Å². The van der Waals surface area contributed by atoms with Gasteiger partial charge in [-0.15, -0.1) is 0 Å². The Hall–Kier alpha value is -1.26. The number of carbonyl (C=O) groups excluding carboxylic acids is 1. The van der Waals surface area contributed by atoms with Crippen LogP contribution in [0.3, 0.4) is 0 Å². The number of carboxylic acids is 1. The summed E-state index contributed by atoms with van der Waals surface area (Å²) in [4.78, 5) is 25.1. The molecule has 1 atom stereocenters. The van der Waals surface area contributed by atoms with Gasteiger partial charge in [-0.25, -0.2) is 4.79 Å². The van der Waals surface area contributed by atoms with Crippen molar-refractivity contribution in [1.82, 2.24) is 4.90 Å². The fourth-order valence-electron chi connectivity index (χ4n) is 3.61. The zero-order valence-electron chi connectivity index (χ0n) is 13.4. The van der Waals surface area contributed by atoms with Crippen molar-refractivity contribution in [1.29, 1.82) is 0 Å². The quantitative estimate of drug-likeness (QED) is 0.806. The van der Waals surface area contributed by atoms with Crippen LogP contribution >= 0.6 is 0 Å². The van der Waals surface area contributed by atoms with Crippen LogP contribution < -0.4 is 0 Å². The summed E-state index contributed by atoms with van der Waals surface area (Å²) in [6.45, 7) is 6.97. The van der Waals surface area contributed by atoms with Crippen LogP contribution in [0.15, 0.2) is 0 Å². The molecule has 0 aromatic carbocycles. The largest absolute Gasteiger partial charge is 0.481 e. The Balaban J connectivity index is 1.90. The Kier molecular flexibility index (Phi) is 4.49. The number of aliphatic carboxylic acids is 1. The summed E-state index contributed by atoms with van der Waals surface area (Å²) in [5.74, 6) is -0.865. The minimum absolute atomic E-state index is 0.125. The fraction of sp³-hybridized carbons (Fsp3) is 0.875. The molecule has 2 rings (SSSR count). The maximum absolute atomic E-state index is 12.1. The minimum Gasteiger partial charge on any atom is -0.481 e. The van der Waals surface area contributed by atoms with Crippen molar-refractivity contribution in [2.45, 2.75) is 64.9 Å². The summed E-state index contributed by atoms with van der Waals surface area (Å²) in [5.41, 5.74) is -0.342. The lowest BCUT2D eigenvalue weighted by molar-refractivity contribution is -0.145. The van der Waals surface area contributed by atoms with Gasteiger partial charge in [-0.2, -0.15) is 0 Å². The summed E-state index contributed by atoms with van der Waals surface area (Å²) in [7, 11) is 0. The highest BCUT2D eigenvalue weighted by Crippen LogP contribution is 2.46. The number of rotatable bonds is 1. The number of piperidine rings is 1. The molecule has 5 nitrogen and oxygen atoms in total. The highest BCUT2D eigenvalue weighted by atomic mass is 16.6. The molecule has 0 aromatic heterocycles. The van der Waals surface area contributed by atoms with Gasteiger partial charge in [-0.05, 0) is 58.3 Å². The van der Waals surface area contributed by atoms with Gasteiger partial charge in [-0.1, -0.05) is 6.42 Å². The molecule has 1 unspecified atom stereocenters. The van der Waals surface area contributed by atoms with Crippen LogP contribution in [0.4, 0.5) is 4.79 Å². The molecule has 2 aliphatic rings. The average Bonchev–Trinajstić information content (AvgIpc) is 2.37. The van der Waals surface area contributed by atoms with Gasteiger partial charge in [0.05, 0.1) is 5.92 Å². The second kappa shape index (κ2) is 5.85. The zero-order chi connectivity index (χ0) is 15.7. The normalized spacial score (nSPS) is 25.7. The molecule has 120 valence electrons. The van der Waals surface area contributed by atoms with E-state index >= 15 is 0 Å². The summed E-state index contributed by atoms with van der Waals surface area (Å²) in [6, 6.07) is 0. The predicted octanol–water partition coefficient (Wildman–Crippen LogP) is 3.28. The first kappa shape index (κ1) is 16.1. The highest BCUT2D eigenvalue weighted by Gasteiger charge is 2.42. The number of ether oxygens (including phenoxy) is 1. The SMILES string of the molecule is CC(C)(C)OC(=O)N1CCC2(CCCC(C(=O)O)C2)CC1. The Morgan fingerprint density at radius 3 is 2.33 bits per heavy atom. The van der Waals surface area contributed by atoms with Gasteiger partial charge in [0.25, 0.3) is 0 Å². The highest BCUT2D eigenvalue weighted by molar-refractivity contribution is 5.70. The van der Waals surface area contributed by atoms with Gasteiger partial charge >= 0.3 is 12.1 Å². The average molecular weight is 297 g/mol. The second-order valence-corrected chi connectivity index (χ2v) is 7.60. The molecule has 0 bridgehead atoms. The van der Waals surface area contributed by atoms with Crippen molar-refractivity contribution in [3.8, 4) is 0 Å². The maximum Gasteiger partial charge on any atom is 0.410 e. The van der Waals surface area contributed by atoms with Crippen LogP contribution in [-0.4, -0.2) is 40.8 Å². The van der Waals surface area contributed by atoms with Crippen molar-refractivity contribution in [3.63, 3.8) is 0 Å². The van der Waals surface area contributed by atoms with Gasteiger partial charge in [0.1, 0.15) is 5.60 Å². The Morgan fingerprint density at radius 1 is 1.19 bits per heavy atom. The summed E-state index contributed by atoms with van der Waals surface area (Å²) < 4.78 is 5.41. The number of hydrogen-bond acceptors (Lipinski definition) is 3. The van der Waals surface area contributed by atoms with E-state index in [0.717, 1.165) is 38.5 Å². The summed E-state index contributed by atoms with van der Waals surface area (Å²) >= 11 is 0. The minimum atomic E-state index is -0.663. The molecule has 0 radical (unpaired) electrons. The number of amides is 1. The lowest BCUT2D eigenvalue weighted by atomic mass is 9.65. The van der Waals surface area contributed by atoms with Crippen LogP contribution in [-0.2, 0) is 9.53 Å². The second-order valence-electron chi connectivity index (χ2n) is 7.60. The van der Waals surface area contributed by atoms with Gasteiger partial charge in [-0.3, -0.25) is 4.79 Å². The van der Waals surface area contributed by atoms with Gasteiger partial charge in [0.2, 0.25) is 0 Å². The molecule has 1 heterocycles. The molecule has 2 fully saturated rings. The van der Waals surface area contributed by atoms with Crippen molar-refractivity contribution < 1.29 is 19.4 Å². The molecule has 0 aromatic rings. The molecule has 1 aliphatic heterocycles. The van der Waals surface area contributed by atoms with E-state index in [0.29, 0.717) is 13.1 Å². The molecule has 1 N–H and O–H groups in total. The first-order valence-corrected chi connectivity index (χ1v) is 7.92. The number of carbonyl (C=O) groups is 2. The topological polar surface area (TPSA) is 66.8 Å². The molecule has 1 aliphatic carbocycles. The first-order valence-electron chi connectivity index (χ1n) is 7.92. The molecule has 5 heteroatoms. The number of hydrogen-bond donors (Lipinski definition) is 1. The van der Waals surface area contributed by atoms with Crippen LogP contribution in [0.5, 0.6) is 0 Å². The third-order valence-electron chi connectivity index (χ3n) is 4.76. The fourth-order valence-corrected chi connectivity index (χ4v) is 3.61. The summed E-state index contributed by atoms with van der Waals surface area (Å²) in [6.07, 6.45) is 5.20. The van der Waals surface area contributed by atoms with E-state index < -0.39 is 11.6 Å². The number of likely N-dealkylation sites (tertiary alicyclic amines) is 1. The Bertz CT molecular complexity index is 405. The molecule has 1 saturated carbocycles. The van der Waals surface area contributed by atoms with Gasteiger partial charge in [0.15, 0.2) is 0 Å². The Morgan fingerprint density at radius 2 is 1.81 bits per heavy atom. The van der Waals surface area contributed by atoms with E-state index in [9.17, 15) is 14.7 Å². The monoisotopic (exact) mass is 297 g/mol. The molecular weight excluding hydrogens is 270 g/mol. The van der Waals surface area contributed by atoms with Crippen LogP contribution in [0.25, 0.3) is 0 Å². The van der Waals surface area contributed by atoms with Gasteiger partial charge in [0, 0.05) is 13.1 Å². The van der Waals surface area contributed by atoms with Crippen LogP contribution in [0.1, 0.15) is 59.3 Å². The summed E-state index contributed by atoms with van der Waals surface area (Å²) in [5, 5.41) is 9.24. The maximum atomic E-state index is 12.1. The number of carboxylic acid groups (broad SMARTS) is 1. The molecular formula is C16H27NO4. The smallest absolute Gasteiger partial charge is 0.410 e. The number of nitrogens with zero attached hydrogens (tertiary/aromatic N) is 1. The molecule has 21 heavy (non-hydrogen) atoms. The third-order valence-corrected chi connectivity index (χ3v) is 4.76. The lowest BCUT2D eigenvalue weighted by Crippen LogP contribution is -2.47. The first-order chi connectivity index (χ1) is 9.71. The predicted molar refractivity (Wildman–Crippen MR) is 79.1 cm³/mol. The third kappa shape index (κ3) is 4.11. The Labute approximate surface area is 126 Å². The van der Waals surface area contributed by atoms with E-state index in [1.807, 2.05) is 20.8 Å². The zero-order valence-corrected chi connectivity index (χ0v) is 13.4. The van der Waals surface area contributed by atoms with Crippen molar-refractivity contribution in [2.75, 3.05) is 13.1 Å². The van der Waals surface area contributed by atoms with Crippen molar-refractivity contribution in [2.24, 2.45) is 11.3 Å². The van der Waals surface area contributed by atoms with Crippen LogP contribution in [0.2, 0.25) is 0 Å². The van der Waals surface area contributed by atoms with Crippen LogP contribution in [0, 0.1) is 11.3 Å². The molecule has 1 saturated heterocycles. The van der Waals surface area contributed by atoms with Gasteiger partial charge < -0.3 is 14.7 Å². The van der Waals surface area contributed by atoms with E-state index in [4.69, 9.17) is 4.74 Å². The van der Waals surface area contributed by atoms with E-state index in [2.05, 4.69) is 0 Å². The standard InChI is InChI=1S/C16H27NO4/c1-15(2,3)21-14(20)17-9-7-16(8-10-17)6-4-5-12(11-16)13(18)19/h12H,4-11H2,1-3H3,(H,18,19).